The van der Waals surface area contributed by atoms with Crippen molar-refractivity contribution in [2.24, 2.45) is 0 Å². The summed E-state index contributed by atoms with van der Waals surface area (Å²) in [6.45, 7) is 9.61. The minimum atomic E-state index is -0.362. The Morgan fingerprint density at radius 2 is 2.00 bits per heavy atom. The zero-order valence-electron chi connectivity index (χ0n) is 12.7. The molecule has 0 radical (unpaired) electrons. The third kappa shape index (κ3) is 4.04. The number of pyridine rings is 1. The molecular weight excluding hydrogens is 270 g/mol. The molecule has 0 saturated carbocycles. The molecule has 1 saturated heterocycles. The van der Waals surface area contributed by atoms with E-state index < -0.39 is 0 Å². The SMILES string of the molecule is CCCN1CCN(c2cc([N+](=O)[O-])cc(NCC)n2)CC1. The first kappa shape index (κ1) is 15.5. The van der Waals surface area contributed by atoms with Crippen molar-refractivity contribution in [1.82, 2.24) is 9.88 Å². The van der Waals surface area contributed by atoms with E-state index in [1.165, 1.54) is 6.07 Å². The first-order valence-electron chi connectivity index (χ1n) is 7.51. The van der Waals surface area contributed by atoms with Gasteiger partial charge >= 0.3 is 0 Å². The summed E-state index contributed by atoms with van der Waals surface area (Å²) in [7, 11) is 0. The van der Waals surface area contributed by atoms with Crippen LogP contribution in [0.5, 0.6) is 0 Å². The zero-order valence-corrected chi connectivity index (χ0v) is 12.7. The second-order valence-corrected chi connectivity index (χ2v) is 5.18. The number of nitrogens with zero attached hydrogens (tertiary/aromatic N) is 4. The summed E-state index contributed by atoms with van der Waals surface area (Å²) in [5, 5.41) is 14.1. The molecule has 1 aliphatic rings. The standard InChI is InChI=1S/C14H23N5O2/c1-3-5-17-6-8-18(9-7-17)14-11-12(19(20)21)10-13(16-14)15-4-2/h10-11H,3-9H2,1-2H3,(H,15,16). The van der Waals surface area contributed by atoms with Gasteiger partial charge in [0.2, 0.25) is 0 Å². The molecule has 0 aliphatic carbocycles. The Bertz CT molecular complexity index is 486. The maximum Gasteiger partial charge on any atom is 0.276 e. The summed E-state index contributed by atoms with van der Waals surface area (Å²) >= 11 is 0. The van der Waals surface area contributed by atoms with Crippen molar-refractivity contribution >= 4 is 17.3 Å². The average molecular weight is 293 g/mol. The molecule has 0 amide bonds. The van der Waals surface area contributed by atoms with Crippen molar-refractivity contribution in [3.05, 3.63) is 22.2 Å². The molecule has 1 aromatic rings. The summed E-state index contributed by atoms with van der Waals surface area (Å²) in [4.78, 5) is 19.7. The molecule has 1 aliphatic heterocycles. The fraction of sp³-hybridized carbons (Fsp3) is 0.643. The van der Waals surface area contributed by atoms with Crippen molar-refractivity contribution in [3.63, 3.8) is 0 Å². The third-order valence-corrected chi connectivity index (χ3v) is 3.60. The Morgan fingerprint density at radius 1 is 1.29 bits per heavy atom. The van der Waals surface area contributed by atoms with Crippen LogP contribution >= 0.6 is 0 Å². The molecule has 0 spiro atoms. The molecule has 0 aromatic carbocycles. The van der Waals surface area contributed by atoms with E-state index in [2.05, 4.69) is 27.0 Å². The lowest BCUT2D eigenvalue weighted by Gasteiger charge is -2.35. The molecule has 1 fully saturated rings. The molecule has 21 heavy (non-hydrogen) atoms. The Balaban J connectivity index is 2.13. The molecule has 2 rings (SSSR count). The van der Waals surface area contributed by atoms with Crippen LogP contribution < -0.4 is 10.2 Å². The first-order valence-corrected chi connectivity index (χ1v) is 7.51. The first-order chi connectivity index (χ1) is 10.1. The van der Waals surface area contributed by atoms with Gasteiger partial charge in [-0.1, -0.05) is 6.92 Å². The van der Waals surface area contributed by atoms with Crippen LogP contribution in [0.15, 0.2) is 12.1 Å². The van der Waals surface area contributed by atoms with Crippen molar-refractivity contribution in [2.45, 2.75) is 20.3 Å². The molecule has 1 aromatic heterocycles. The number of piperazine rings is 1. The Kier molecular flexibility index (Phi) is 5.32. The normalized spacial score (nSPS) is 16.0. The van der Waals surface area contributed by atoms with Crippen LogP contribution in [0.2, 0.25) is 0 Å². The van der Waals surface area contributed by atoms with E-state index in [-0.39, 0.29) is 10.6 Å². The van der Waals surface area contributed by atoms with Gasteiger partial charge in [0.05, 0.1) is 17.1 Å². The molecule has 7 nitrogen and oxygen atoms in total. The number of nitrogens with one attached hydrogen (secondary N) is 1. The van der Waals surface area contributed by atoms with Crippen LogP contribution in [0.25, 0.3) is 0 Å². The van der Waals surface area contributed by atoms with Crippen LogP contribution in [-0.4, -0.2) is 54.1 Å². The lowest BCUT2D eigenvalue weighted by molar-refractivity contribution is -0.384. The van der Waals surface area contributed by atoms with Gasteiger partial charge in [0.15, 0.2) is 0 Å². The van der Waals surface area contributed by atoms with Crippen LogP contribution in [-0.2, 0) is 0 Å². The second-order valence-electron chi connectivity index (χ2n) is 5.18. The predicted octanol–water partition coefficient (Wildman–Crippen LogP) is 1.95. The second kappa shape index (κ2) is 7.21. The monoisotopic (exact) mass is 293 g/mol. The van der Waals surface area contributed by atoms with Gasteiger partial charge in [-0.3, -0.25) is 15.0 Å². The fourth-order valence-corrected chi connectivity index (χ4v) is 2.56. The van der Waals surface area contributed by atoms with Crippen molar-refractivity contribution in [3.8, 4) is 0 Å². The summed E-state index contributed by atoms with van der Waals surface area (Å²) in [5.41, 5.74) is 0.0898. The predicted molar refractivity (Wildman–Crippen MR) is 84.0 cm³/mol. The summed E-state index contributed by atoms with van der Waals surface area (Å²) in [5.74, 6) is 1.26. The Morgan fingerprint density at radius 3 is 2.57 bits per heavy atom. The molecular formula is C14H23N5O2. The van der Waals surface area contributed by atoms with Crippen LogP contribution in [0, 0.1) is 10.1 Å². The number of rotatable bonds is 6. The maximum absolute atomic E-state index is 11.1. The van der Waals surface area contributed by atoms with Crippen molar-refractivity contribution in [1.29, 1.82) is 0 Å². The van der Waals surface area contributed by atoms with Crippen LogP contribution in [0.3, 0.4) is 0 Å². The van der Waals surface area contributed by atoms with Gasteiger partial charge in [-0.2, -0.15) is 0 Å². The van der Waals surface area contributed by atoms with Crippen molar-refractivity contribution in [2.75, 3.05) is 49.5 Å². The minimum absolute atomic E-state index is 0.0898. The highest BCUT2D eigenvalue weighted by Crippen LogP contribution is 2.24. The van der Waals surface area contributed by atoms with E-state index in [9.17, 15) is 10.1 Å². The van der Waals surface area contributed by atoms with Gasteiger partial charge in [-0.05, 0) is 19.9 Å². The van der Waals surface area contributed by atoms with E-state index in [1.807, 2.05) is 6.92 Å². The lowest BCUT2D eigenvalue weighted by Crippen LogP contribution is -2.46. The van der Waals surface area contributed by atoms with Crippen LogP contribution in [0.1, 0.15) is 20.3 Å². The third-order valence-electron chi connectivity index (χ3n) is 3.60. The molecule has 116 valence electrons. The Hall–Kier alpha value is -1.89. The molecule has 1 N–H and O–H groups in total. The van der Waals surface area contributed by atoms with Gasteiger partial charge < -0.3 is 10.2 Å². The van der Waals surface area contributed by atoms with Gasteiger partial charge in [0, 0.05) is 32.7 Å². The van der Waals surface area contributed by atoms with Gasteiger partial charge in [0.1, 0.15) is 11.6 Å². The molecule has 7 heteroatoms. The van der Waals surface area contributed by atoms with Gasteiger partial charge in [-0.25, -0.2) is 4.98 Å². The highest BCUT2D eigenvalue weighted by Gasteiger charge is 2.20. The van der Waals surface area contributed by atoms with E-state index in [4.69, 9.17) is 0 Å². The topological polar surface area (TPSA) is 74.5 Å². The van der Waals surface area contributed by atoms with Crippen molar-refractivity contribution < 1.29 is 4.92 Å². The summed E-state index contributed by atoms with van der Waals surface area (Å²) < 4.78 is 0. The fourth-order valence-electron chi connectivity index (χ4n) is 2.56. The Labute approximate surface area is 125 Å². The number of hydrogen-bond donors (Lipinski definition) is 1. The largest absolute Gasteiger partial charge is 0.370 e. The zero-order chi connectivity index (χ0) is 15.2. The smallest absolute Gasteiger partial charge is 0.276 e. The van der Waals surface area contributed by atoms with Crippen LogP contribution in [0.4, 0.5) is 17.3 Å². The maximum atomic E-state index is 11.1. The molecule has 0 atom stereocenters. The van der Waals surface area contributed by atoms with Gasteiger partial charge in [-0.15, -0.1) is 0 Å². The molecule has 0 bridgehead atoms. The molecule has 0 unspecified atom stereocenters. The number of hydrogen-bond acceptors (Lipinski definition) is 6. The summed E-state index contributed by atoms with van der Waals surface area (Å²) in [6, 6.07) is 3.05. The minimum Gasteiger partial charge on any atom is -0.370 e. The number of aromatic nitrogens is 1. The summed E-state index contributed by atoms with van der Waals surface area (Å²) in [6.07, 6.45) is 1.15. The number of nitro groups is 1. The average Bonchev–Trinajstić information content (AvgIpc) is 2.48. The number of anilines is 2. The van der Waals surface area contributed by atoms with E-state index in [0.717, 1.165) is 39.1 Å². The van der Waals surface area contributed by atoms with Gasteiger partial charge in [0.25, 0.3) is 5.69 Å². The highest BCUT2D eigenvalue weighted by molar-refractivity contribution is 5.56. The van der Waals surface area contributed by atoms with E-state index in [1.54, 1.807) is 6.07 Å². The quantitative estimate of drug-likeness (QED) is 0.638. The lowest BCUT2D eigenvalue weighted by atomic mass is 10.2. The van der Waals surface area contributed by atoms with E-state index in [0.29, 0.717) is 18.2 Å². The van der Waals surface area contributed by atoms with E-state index >= 15 is 0 Å². The highest BCUT2D eigenvalue weighted by atomic mass is 16.6. The molecule has 2 heterocycles.